The number of unbranched alkanes of at least 4 members (excludes halogenated alkanes) is 2. The molecule has 0 amide bonds. The molecule has 1 nitrogen and oxygen atoms in total. The van der Waals surface area contributed by atoms with Crippen molar-refractivity contribution in [3.8, 4) is 0 Å². The topological polar surface area (TPSA) is 12.0 Å². The third-order valence-corrected chi connectivity index (χ3v) is 3.53. The minimum Gasteiger partial charge on any atom is -0.383 e. The van der Waals surface area contributed by atoms with Gasteiger partial charge in [-0.1, -0.05) is 31.9 Å². The average molecular weight is 301 g/mol. The van der Waals surface area contributed by atoms with E-state index in [-0.39, 0.29) is 12.5 Å². The molecule has 0 saturated heterocycles. The summed E-state index contributed by atoms with van der Waals surface area (Å²) in [5.74, 6) is 0. The molecule has 0 aliphatic heterocycles. The maximum atomic E-state index is 12.1. The fourth-order valence-corrected chi connectivity index (χ4v) is 2.31. The van der Waals surface area contributed by atoms with Gasteiger partial charge in [-0.2, -0.15) is 13.2 Å². The van der Waals surface area contributed by atoms with Crippen LogP contribution in [-0.4, -0.2) is 12.2 Å². The van der Waals surface area contributed by atoms with E-state index in [0.29, 0.717) is 6.42 Å². The van der Waals surface area contributed by atoms with Crippen molar-refractivity contribution < 1.29 is 13.2 Å². The minimum absolute atomic E-state index is 0.0540. The van der Waals surface area contributed by atoms with Crippen molar-refractivity contribution in [2.45, 2.75) is 71.0 Å². The van der Waals surface area contributed by atoms with Gasteiger partial charge in [0.05, 0.1) is 0 Å². The molecule has 1 aromatic carbocycles. The lowest BCUT2D eigenvalue weighted by Gasteiger charge is -2.16. The van der Waals surface area contributed by atoms with Crippen LogP contribution in [0.4, 0.5) is 18.9 Å². The van der Waals surface area contributed by atoms with Gasteiger partial charge in [0.2, 0.25) is 0 Å². The summed E-state index contributed by atoms with van der Waals surface area (Å²) in [5, 5.41) is 3.26. The molecule has 120 valence electrons. The Balaban J connectivity index is 2.30. The van der Waals surface area contributed by atoms with Gasteiger partial charge >= 0.3 is 6.18 Å². The van der Waals surface area contributed by atoms with Crippen LogP contribution in [0.2, 0.25) is 0 Å². The van der Waals surface area contributed by atoms with Crippen LogP contribution in [0.5, 0.6) is 0 Å². The second-order valence-corrected chi connectivity index (χ2v) is 5.71. The summed E-state index contributed by atoms with van der Waals surface area (Å²) in [4.78, 5) is 0. The second-order valence-electron chi connectivity index (χ2n) is 5.71. The second kappa shape index (κ2) is 8.96. The number of nitrogens with one attached hydrogen (secondary N) is 1. The number of alkyl halides is 3. The summed E-state index contributed by atoms with van der Waals surface area (Å²) in [6.45, 7) is 4.11. The van der Waals surface area contributed by atoms with Gasteiger partial charge in [0.25, 0.3) is 0 Å². The Morgan fingerprint density at radius 1 is 1.05 bits per heavy atom. The van der Waals surface area contributed by atoms with Crippen molar-refractivity contribution in [1.82, 2.24) is 0 Å². The molecule has 1 N–H and O–H groups in total. The maximum absolute atomic E-state index is 12.1. The molecule has 1 aromatic rings. The Hall–Kier alpha value is -1.19. The molecule has 0 aromatic heterocycles. The van der Waals surface area contributed by atoms with E-state index in [1.165, 1.54) is 24.8 Å². The van der Waals surface area contributed by atoms with Gasteiger partial charge in [-0.15, -0.1) is 0 Å². The number of aryl methyl sites for hydroxylation is 1. The number of rotatable bonds is 9. The third-order valence-electron chi connectivity index (χ3n) is 3.53. The lowest BCUT2D eigenvalue weighted by atomic mass is 10.1. The molecule has 0 aliphatic rings. The van der Waals surface area contributed by atoms with Crippen molar-refractivity contribution in [2.75, 3.05) is 5.32 Å². The molecule has 21 heavy (non-hydrogen) atoms. The molecular weight excluding hydrogens is 275 g/mol. The first-order valence-electron chi connectivity index (χ1n) is 7.83. The summed E-state index contributed by atoms with van der Waals surface area (Å²) in [6.07, 6.45) is 0.720. The van der Waals surface area contributed by atoms with Gasteiger partial charge in [-0.3, -0.25) is 0 Å². The fourth-order valence-electron chi connectivity index (χ4n) is 2.31. The third kappa shape index (κ3) is 8.64. The fraction of sp³-hybridized carbons (Fsp3) is 0.647. The molecule has 1 rings (SSSR count). The number of anilines is 1. The number of benzene rings is 1. The Kier molecular flexibility index (Phi) is 7.62. The molecule has 0 radical (unpaired) electrons. The molecule has 0 aliphatic carbocycles. The van der Waals surface area contributed by atoms with Crippen molar-refractivity contribution in [3.63, 3.8) is 0 Å². The van der Waals surface area contributed by atoms with E-state index in [0.717, 1.165) is 12.1 Å². The molecule has 4 heteroatoms. The Morgan fingerprint density at radius 2 is 1.71 bits per heavy atom. The van der Waals surface area contributed by atoms with Crippen LogP contribution in [-0.2, 0) is 6.42 Å². The summed E-state index contributed by atoms with van der Waals surface area (Å²) in [7, 11) is 0. The van der Waals surface area contributed by atoms with Crippen LogP contribution in [0.1, 0.15) is 57.9 Å². The van der Waals surface area contributed by atoms with Crippen LogP contribution >= 0.6 is 0 Å². The van der Waals surface area contributed by atoms with Crippen LogP contribution < -0.4 is 5.32 Å². The van der Waals surface area contributed by atoms with Gasteiger partial charge in [0, 0.05) is 18.2 Å². The number of hydrogen-bond acceptors (Lipinski definition) is 1. The van der Waals surface area contributed by atoms with Crippen LogP contribution in [0, 0.1) is 0 Å². The number of hydrogen-bond donors (Lipinski definition) is 1. The highest BCUT2D eigenvalue weighted by Crippen LogP contribution is 2.23. The van der Waals surface area contributed by atoms with Crippen molar-refractivity contribution in [2.24, 2.45) is 0 Å². The molecule has 0 bridgehead atoms. The van der Waals surface area contributed by atoms with E-state index in [2.05, 4.69) is 24.4 Å². The predicted octanol–water partition coefficient (Wildman–Crippen LogP) is 5.95. The van der Waals surface area contributed by atoms with E-state index in [1.807, 2.05) is 19.1 Å². The normalized spacial score (nSPS) is 13.2. The van der Waals surface area contributed by atoms with Crippen molar-refractivity contribution >= 4 is 5.69 Å². The van der Waals surface area contributed by atoms with Crippen molar-refractivity contribution in [1.29, 1.82) is 0 Å². The SMILES string of the molecule is CCCCCc1ccc(NC(C)CCCC(F)(F)F)cc1. The first-order chi connectivity index (χ1) is 9.90. The van der Waals surface area contributed by atoms with E-state index in [4.69, 9.17) is 0 Å². The molecular formula is C17H26F3N. The average Bonchev–Trinajstić information content (AvgIpc) is 2.39. The highest BCUT2D eigenvalue weighted by molar-refractivity contribution is 5.45. The highest BCUT2D eigenvalue weighted by Gasteiger charge is 2.26. The molecule has 0 heterocycles. The highest BCUT2D eigenvalue weighted by atomic mass is 19.4. The first-order valence-corrected chi connectivity index (χ1v) is 7.83. The summed E-state index contributed by atoms with van der Waals surface area (Å²) in [6, 6.07) is 8.28. The smallest absolute Gasteiger partial charge is 0.383 e. The minimum atomic E-state index is -4.04. The van der Waals surface area contributed by atoms with Crippen LogP contribution in [0.25, 0.3) is 0 Å². The molecule has 0 fully saturated rings. The largest absolute Gasteiger partial charge is 0.389 e. The van der Waals surface area contributed by atoms with Crippen LogP contribution in [0.15, 0.2) is 24.3 Å². The lowest BCUT2D eigenvalue weighted by Crippen LogP contribution is -2.16. The van der Waals surface area contributed by atoms with Gasteiger partial charge in [-0.25, -0.2) is 0 Å². The standard InChI is InChI=1S/C17H26F3N/c1-3-4-5-8-15-9-11-16(12-10-15)21-14(2)7-6-13-17(18,19)20/h9-12,14,21H,3-8,13H2,1-2H3. The molecule has 1 atom stereocenters. The zero-order valence-corrected chi connectivity index (χ0v) is 13.0. The van der Waals surface area contributed by atoms with Gasteiger partial charge in [-0.05, 0) is 50.3 Å². The summed E-state index contributed by atoms with van der Waals surface area (Å²) < 4.78 is 36.3. The quantitative estimate of drug-likeness (QED) is 0.555. The Labute approximate surface area is 125 Å². The maximum Gasteiger partial charge on any atom is 0.389 e. The van der Waals surface area contributed by atoms with Crippen LogP contribution in [0.3, 0.4) is 0 Å². The number of halogens is 3. The summed E-state index contributed by atoms with van der Waals surface area (Å²) in [5.41, 5.74) is 2.30. The zero-order chi connectivity index (χ0) is 15.7. The predicted molar refractivity (Wildman–Crippen MR) is 82.7 cm³/mol. The van der Waals surface area contributed by atoms with Crippen molar-refractivity contribution in [3.05, 3.63) is 29.8 Å². The van der Waals surface area contributed by atoms with Gasteiger partial charge in [0.15, 0.2) is 0 Å². The van der Waals surface area contributed by atoms with E-state index < -0.39 is 12.6 Å². The Bertz CT molecular complexity index is 384. The van der Waals surface area contributed by atoms with E-state index in [1.54, 1.807) is 0 Å². The van der Waals surface area contributed by atoms with Gasteiger partial charge in [0.1, 0.15) is 0 Å². The molecule has 0 saturated carbocycles. The van der Waals surface area contributed by atoms with E-state index in [9.17, 15) is 13.2 Å². The van der Waals surface area contributed by atoms with E-state index >= 15 is 0 Å². The summed E-state index contributed by atoms with van der Waals surface area (Å²) >= 11 is 0. The monoisotopic (exact) mass is 301 g/mol. The molecule has 1 unspecified atom stereocenters. The zero-order valence-electron chi connectivity index (χ0n) is 13.0. The Morgan fingerprint density at radius 3 is 2.29 bits per heavy atom. The lowest BCUT2D eigenvalue weighted by molar-refractivity contribution is -0.135. The van der Waals surface area contributed by atoms with Gasteiger partial charge < -0.3 is 5.32 Å². The molecule has 0 spiro atoms. The first kappa shape index (κ1) is 17.9.